The third kappa shape index (κ3) is 5.03. The quantitative estimate of drug-likeness (QED) is 0.476. The predicted molar refractivity (Wildman–Crippen MR) is 114 cm³/mol. The number of esters is 1. The van der Waals surface area contributed by atoms with Crippen LogP contribution in [0.15, 0.2) is 51.7 Å². The van der Waals surface area contributed by atoms with Crippen LogP contribution < -0.4 is 15.7 Å². The summed E-state index contributed by atoms with van der Waals surface area (Å²) in [4.78, 5) is 36.6. The molecule has 0 aliphatic rings. The minimum Gasteiger partial charge on any atom is -0.506 e. The average molecular weight is 425 g/mol. The minimum absolute atomic E-state index is 0.117. The molecular weight excluding hydrogens is 402 g/mol. The first-order valence-corrected chi connectivity index (χ1v) is 9.53. The maximum absolute atomic E-state index is 12.4. The van der Waals surface area contributed by atoms with E-state index in [-0.39, 0.29) is 11.0 Å². The lowest BCUT2D eigenvalue weighted by atomic mass is 10.0. The van der Waals surface area contributed by atoms with Crippen molar-refractivity contribution in [1.82, 2.24) is 5.32 Å². The third-order valence-electron chi connectivity index (χ3n) is 4.32. The lowest BCUT2D eigenvalue weighted by molar-refractivity contribution is -0.153. The van der Waals surface area contributed by atoms with Crippen LogP contribution in [0.4, 0.5) is 0 Å². The standard InChI is InChI=1S/C23H23NO7/c1-23(2,3)31-18(25)12-24-21(27)19-20(26)16-9-8-14(11-17(16)30-22(19)28)13-6-5-7-15(10-13)29-4/h5-11,26H,12H2,1-4H3,(H,24,27). The number of rotatable bonds is 5. The first-order chi connectivity index (χ1) is 14.6. The molecule has 0 aliphatic heterocycles. The number of nitrogens with one attached hydrogen (secondary N) is 1. The molecule has 0 aliphatic carbocycles. The van der Waals surface area contributed by atoms with Crippen molar-refractivity contribution in [2.24, 2.45) is 0 Å². The molecule has 0 saturated heterocycles. The molecule has 3 aromatic rings. The third-order valence-corrected chi connectivity index (χ3v) is 4.32. The fraction of sp³-hybridized carbons (Fsp3) is 0.261. The highest BCUT2D eigenvalue weighted by atomic mass is 16.6. The highest BCUT2D eigenvalue weighted by Crippen LogP contribution is 2.31. The van der Waals surface area contributed by atoms with Gasteiger partial charge in [0.2, 0.25) is 0 Å². The van der Waals surface area contributed by atoms with E-state index in [1.54, 1.807) is 52.1 Å². The summed E-state index contributed by atoms with van der Waals surface area (Å²) in [6, 6.07) is 12.2. The Labute approximate surface area is 178 Å². The molecule has 3 rings (SSSR count). The van der Waals surface area contributed by atoms with E-state index in [9.17, 15) is 19.5 Å². The van der Waals surface area contributed by atoms with Crippen LogP contribution in [-0.2, 0) is 9.53 Å². The number of carbonyl (C=O) groups excluding carboxylic acids is 2. The summed E-state index contributed by atoms with van der Waals surface area (Å²) in [7, 11) is 1.56. The van der Waals surface area contributed by atoms with Crippen LogP contribution in [0.25, 0.3) is 22.1 Å². The number of fused-ring (bicyclic) bond motifs is 1. The van der Waals surface area contributed by atoms with Gasteiger partial charge in [0.15, 0.2) is 5.56 Å². The molecule has 2 N–H and O–H groups in total. The van der Waals surface area contributed by atoms with Crippen molar-refractivity contribution in [3.8, 4) is 22.6 Å². The summed E-state index contributed by atoms with van der Waals surface area (Å²) in [6.45, 7) is 4.62. The van der Waals surface area contributed by atoms with E-state index in [4.69, 9.17) is 13.9 Å². The number of carbonyl (C=O) groups is 2. The molecule has 8 heteroatoms. The Morgan fingerprint density at radius 3 is 2.48 bits per heavy atom. The van der Waals surface area contributed by atoms with Gasteiger partial charge in [-0.15, -0.1) is 0 Å². The second kappa shape index (κ2) is 8.51. The Hall–Kier alpha value is -3.81. The molecule has 0 atom stereocenters. The number of aromatic hydroxyl groups is 1. The van der Waals surface area contributed by atoms with Crippen LogP contribution in [0.5, 0.6) is 11.5 Å². The van der Waals surface area contributed by atoms with Crippen LogP contribution >= 0.6 is 0 Å². The van der Waals surface area contributed by atoms with Crippen molar-refractivity contribution in [3.63, 3.8) is 0 Å². The molecule has 0 unspecified atom stereocenters. The fourth-order valence-electron chi connectivity index (χ4n) is 2.99. The number of benzene rings is 2. The lowest BCUT2D eigenvalue weighted by Gasteiger charge is -2.19. The summed E-state index contributed by atoms with van der Waals surface area (Å²) in [5.74, 6) is -1.46. The Morgan fingerprint density at radius 1 is 1.10 bits per heavy atom. The second-order valence-electron chi connectivity index (χ2n) is 7.83. The number of methoxy groups -OCH3 is 1. The van der Waals surface area contributed by atoms with E-state index in [0.29, 0.717) is 5.75 Å². The molecule has 1 amide bonds. The van der Waals surface area contributed by atoms with E-state index < -0.39 is 41.0 Å². The van der Waals surface area contributed by atoms with Crippen LogP contribution in [-0.4, -0.2) is 36.2 Å². The molecule has 0 radical (unpaired) electrons. The Bertz CT molecular complexity index is 1200. The van der Waals surface area contributed by atoms with Crippen LogP contribution in [0, 0.1) is 0 Å². The second-order valence-corrected chi connectivity index (χ2v) is 7.83. The molecule has 0 fully saturated rings. The van der Waals surface area contributed by atoms with E-state index >= 15 is 0 Å². The van der Waals surface area contributed by atoms with Gasteiger partial charge in [-0.05, 0) is 56.2 Å². The molecule has 0 saturated carbocycles. The number of hydrogen-bond acceptors (Lipinski definition) is 7. The maximum atomic E-state index is 12.4. The SMILES string of the molecule is COc1cccc(-c2ccc3c(O)c(C(=O)NCC(=O)OC(C)(C)C)c(=O)oc3c2)c1. The van der Waals surface area contributed by atoms with Gasteiger partial charge in [-0.25, -0.2) is 4.79 Å². The molecule has 0 spiro atoms. The smallest absolute Gasteiger partial charge is 0.353 e. The van der Waals surface area contributed by atoms with Crippen molar-refractivity contribution in [1.29, 1.82) is 0 Å². The molecule has 0 bridgehead atoms. The van der Waals surface area contributed by atoms with Crippen molar-refractivity contribution >= 4 is 22.8 Å². The molecule has 31 heavy (non-hydrogen) atoms. The fourth-order valence-corrected chi connectivity index (χ4v) is 2.99. The van der Waals surface area contributed by atoms with Gasteiger partial charge in [0.05, 0.1) is 12.5 Å². The van der Waals surface area contributed by atoms with Gasteiger partial charge in [-0.1, -0.05) is 18.2 Å². The van der Waals surface area contributed by atoms with E-state index in [1.165, 1.54) is 0 Å². The Kier molecular flexibility index (Phi) is 6.01. The highest BCUT2D eigenvalue weighted by molar-refractivity contribution is 6.02. The summed E-state index contributed by atoms with van der Waals surface area (Å²) in [5, 5.41) is 13.0. The highest BCUT2D eigenvalue weighted by Gasteiger charge is 2.23. The lowest BCUT2D eigenvalue weighted by Crippen LogP contribution is -2.36. The molecule has 2 aromatic carbocycles. The topological polar surface area (TPSA) is 115 Å². The normalized spacial score (nSPS) is 11.2. The molecule has 1 aromatic heterocycles. The first-order valence-electron chi connectivity index (χ1n) is 9.53. The first kappa shape index (κ1) is 21.9. The van der Waals surface area contributed by atoms with Crippen LogP contribution in [0.3, 0.4) is 0 Å². The minimum atomic E-state index is -1.02. The summed E-state index contributed by atoms with van der Waals surface area (Å²) < 4.78 is 15.6. The monoisotopic (exact) mass is 425 g/mol. The largest absolute Gasteiger partial charge is 0.506 e. The number of ether oxygens (including phenoxy) is 2. The van der Waals surface area contributed by atoms with Crippen LogP contribution in [0.1, 0.15) is 31.1 Å². The number of hydrogen-bond donors (Lipinski definition) is 2. The van der Waals surface area contributed by atoms with Crippen molar-refractivity contribution in [3.05, 3.63) is 58.4 Å². The van der Waals surface area contributed by atoms with Gasteiger partial charge in [-0.2, -0.15) is 0 Å². The van der Waals surface area contributed by atoms with Crippen molar-refractivity contribution in [2.45, 2.75) is 26.4 Å². The van der Waals surface area contributed by atoms with Gasteiger partial charge in [0, 0.05) is 0 Å². The van der Waals surface area contributed by atoms with Gasteiger partial charge < -0.3 is 24.3 Å². The van der Waals surface area contributed by atoms with E-state index in [2.05, 4.69) is 5.32 Å². The van der Waals surface area contributed by atoms with Gasteiger partial charge >= 0.3 is 11.6 Å². The molecule has 8 nitrogen and oxygen atoms in total. The zero-order valence-corrected chi connectivity index (χ0v) is 17.6. The summed E-state index contributed by atoms with van der Waals surface area (Å²) >= 11 is 0. The van der Waals surface area contributed by atoms with Gasteiger partial charge in [0.1, 0.15) is 29.2 Å². The Morgan fingerprint density at radius 2 is 1.81 bits per heavy atom. The zero-order chi connectivity index (χ0) is 22.8. The molecular formula is C23H23NO7. The average Bonchev–Trinajstić information content (AvgIpc) is 2.70. The van der Waals surface area contributed by atoms with Crippen molar-refractivity contribution < 1.29 is 28.6 Å². The van der Waals surface area contributed by atoms with E-state index in [0.717, 1.165) is 11.1 Å². The van der Waals surface area contributed by atoms with E-state index in [1.807, 2.05) is 18.2 Å². The van der Waals surface area contributed by atoms with Crippen LogP contribution in [0.2, 0.25) is 0 Å². The summed E-state index contributed by atoms with van der Waals surface area (Å²) in [6.07, 6.45) is 0. The maximum Gasteiger partial charge on any atom is 0.353 e. The summed E-state index contributed by atoms with van der Waals surface area (Å²) in [5.41, 5.74) is -0.642. The van der Waals surface area contributed by atoms with Gasteiger partial charge in [-0.3, -0.25) is 9.59 Å². The molecule has 1 heterocycles. The molecule has 162 valence electrons. The zero-order valence-electron chi connectivity index (χ0n) is 17.6. The number of amides is 1. The Balaban J connectivity index is 1.90. The van der Waals surface area contributed by atoms with Crippen molar-refractivity contribution in [2.75, 3.05) is 13.7 Å². The predicted octanol–water partition coefficient (Wildman–Crippen LogP) is 3.25. The van der Waals surface area contributed by atoms with Gasteiger partial charge in [0.25, 0.3) is 5.91 Å².